The minimum absolute atomic E-state index is 0.0791. The van der Waals surface area contributed by atoms with Crippen LogP contribution in [0.4, 0.5) is 5.69 Å². The summed E-state index contributed by atoms with van der Waals surface area (Å²) in [5.74, 6) is 0.584. The molecule has 0 aliphatic heterocycles. The van der Waals surface area contributed by atoms with Gasteiger partial charge in [-0.15, -0.1) is 11.3 Å². The summed E-state index contributed by atoms with van der Waals surface area (Å²) in [5.41, 5.74) is 9.36. The molecular weight excluding hydrogens is 328 g/mol. The van der Waals surface area contributed by atoms with E-state index in [0.29, 0.717) is 18.4 Å². The molecule has 4 rings (SSSR count). The molecule has 2 aromatic carbocycles. The van der Waals surface area contributed by atoms with Gasteiger partial charge in [0.1, 0.15) is 0 Å². The van der Waals surface area contributed by atoms with Gasteiger partial charge in [-0.05, 0) is 59.4 Å². The summed E-state index contributed by atoms with van der Waals surface area (Å²) in [6, 6.07) is 16.9. The first-order valence-electron chi connectivity index (χ1n) is 8.81. The van der Waals surface area contributed by atoms with Crippen LogP contribution >= 0.6 is 11.3 Å². The van der Waals surface area contributed by atoms with Crippen molar-refractivity contribution in [2.45, 2.75) is 37.6 Å². The fourth-order valence-corrected chi connectivity index (χ4v) is 4.30. The van der Waals surface area contributed by atoms with E-state index in [9.17, 15) is 4.79 Å². The highest BCUT2D eigenvalue weighted by molar-refractivity contribution is 7.17. The van der Waals surface area contributed by atoms with Gasteiger partial charge < -0.3 is 11.1 Å². The molecule has 1 amide bonds. The first-order valence-corrected chi connectivity index (χ1v) is 9.69. The summed E-state index contributed by atoms with van der Waals surface area (Å²) in [6.45, 7) is 0. The lowest BCUT2D eigenvalue weighted by Crippen LogP contribution is -2.11. The Morgan fingerprint density at radius 3 is 2.68 bits per heavy atom. The third kappa shape index (κ3) is 3.75. The van der Waals surface area contributed by atoms with Crippen LogP contribution in [-0.2, 0) is 11.2 Å². The summed E-state index contributed by atoms with van der Waals surface area (Å²) in [7, 11) is 0. The number of carbonyl (C=O) groups excluding carboxylic acids is 1. The van der Waals surface area contributed by atoms with E-state index < -0.39 is 0 Å². The van der Waals surface area contributed by atoms with E-state index >= 15 is 0 Å². The van der Waals surface area contributed by atoms with Crippen LogP contribution in [-0.4, -0.2) is 11.9 Å². The maximum atomic E-state index is 12.2. The Hall–Kier alpha value is -2.17. The first kappa shape index (κ1) is 16.3. The molecule has 1 heterocycles. The van der Waals surface area contributed by atoms with Crippen molar-refractivity contribution < 1.29 is 4.79 Å². The molecule has 1 aliphatic carbocycles. The van der Waals surface area contributed by atoms with Gasteiger partial charge in [-0.3, -0.25) is 4.79 Å². The number of nitrogens with one attached hydrogen (secondary N) is 1. The number of amides is 1. The molecular formula is C21H22N2OS. The molecule has 0 bridgehead atoms. The Labute approximate surface area is 151 Å². The van der Waals surface area contributed by atoms with E-state index in [2.05, 4.69) is 47.1 Å². The molecule has 1 fully saturated rings. The van der Waals surface area contributed by atoms with Crippen LogP contribution in [0.3, 0.4) is 0 Å². The van der Waals surface area contributed by atoms with Gasteiger partial charge in [0.25, 0.3) is 0 Å². The average Bonchev–Trinajstić information content (AvgIpc) is 3.21. The first-order chi connectivity index (χ1) is 12.2. The van der Waals surface area contributed by atoms with Crippen LogP contribution in [0.1, 0.15) is 36.3 Å². The number of rotatable bonds is 6. The van der Waals surface area contributed by atoms with Crippen molar-refractivity contribution in [3.63, 3.8) is 0 Å². The molecule has 25 heavy (non-hydrogen) atoms. The highest BCUT2D eigenvalue weighted by atomic mass is 32.1. The van der Waals surface area contributed by atoms with Crippen molar-refractivity contribution in [1.29, 1.82) is 0 Å². The van der Waals surface area contributed by atoms with Crippen molar-refractivity contribution in [3.8, 4) is 0 Å². The molecule has 3 N–H and O–H groups in total. The van der Waals surface area contributed by atoms with E-state index in [0.717, 1.165) is 24.9 Å². The number of fused-ring (bicyclic) bond motifs is 1. The van der Waals surface area contributed by atoms with Crippen LogP contribution in [0.2, 0.25) is 0 Å². The lowest BCUT2D eigenvalue weighted by Gasteiger charge is -2.06. The number of thiophene rings is 1. The highest BCUT2D eigenvalue weighted by Crippen LogP contribution is 2.39. The summed E-state index contributed by atoms with van der Waals surface area (Å²) in [5, 5.41) is 6.52. The largest absolute Gasteiger partial charge is 0.327 e. The maximum absolute atomic E-state index is 12.2. The van der Waals surface area contributed by atoms with Gasteiger partial charge in [0.05, 0.1) is 0 Å². The molecule has 1 aromatic heterocycles. The minimum Gasteiger partial charge on any atom is -0.327 e. The fraction of sp³-hybridized carbons (Fsp3) is 0.286. The molecule has 4 heteroatoms. The van der Waals surface area contributed by atoms with Gasteiger partial charge in [-0.1, -0.05) is 30.3 Å². The van der Waals surface area contributed by atoms with Crippen molar-refractivity contribution in [3.05, 3.63) is 65.0 Å². The van der Waals surface area contributed by atoms with Crippen LogP contribution < -0.4 is 11.1 Å². The smallest absolute Gasteiger partial charge is 0.224 e. The zero-order valence-electron chi connectivity index (χ0n) is 14.1. The Kier molecular flexibility index (Phi) is 4.55. The molecule has 3 aromatic rings. The average molecular weight is 350 g/mol. The third-order valence-corrected chi connectivity index (χ3v) is 5.89. The van der Waals surface area contributed by atoms with Crippen LogP contribution in [0, 0.1) is 0 Å². The predicted molar refractivity (Wildman–Crippen MR) is 105 cm³/mol. The van der Waals surface area contributed by atoms with Crippen LogP contribution in [0.15, 0.2) is 53.9 Å². The van der Waals surface area contributed by atoms with Crippen molar-refractivity contribution >= 4 is 33.0 Å². The molecule has 128 valence electrons. The Morgan fingerprint density at radius 1 is 1.16 bits per heavy atom. The second-order valence-electron chi connectivity index (χ2n) is 6.79. The Bertz CT molecular complexity index is 884. The molecule has 2 atom stereocenters. The topological polar surface area (TPSA) is 55.1 Å². The fourth-order valence-electron chi connectivity index (χ4n) is 3.30. The van der Waals surface area contributed by atoms with Gasteiger partial charge in [0.2, 0.25) is 5.91 Å². The molecule has 0 radical (unpaired) electrons. The molecule has 1 aliphatic rings. The van der Waals surface area contributed by atoms with Crippen LogP contribution in [0.5, 0.6) is 0 Å². The highest BCUT2D eigenvalue weighted by Gasteiger charge is 2.34. The monoisotopic (exact) mass is 350 g/mol. The van der Waals surface area contributed by atoms with Gasteiger partial charge >= 0.3 is 0 Å². The molecule has 1 saturated carbocycles. The van der Waals surface area contributed by atoms with Gasteiger partial charge in [-0.25, -0.2) is 0 Å². The maximum Gasteiger partial charge on any atom is 0.224 e. The van der Waals surface area contributed by atoms with Gasteiger partial charge in [0.15, 0.2) is 0 Å². The van der Waals surface area contributed by atoms with Crippen LogP contribution in [0.25, 0.3) is 10.1 Å². The zero-order chi connectivity index (χ0) is 17.2. The number of nitrogens with two attached hydrogens (primary N) is 1. The second kappa shape index (κ2) is 6.98. The number of carbonyl (C=O) groups is 1. The second-order valence-corrected chi connectivity index (χ2v) is 7.70. The van der Waals surface area contributed by atoms with E-state index in [4.69, 9.17) is 5.73 Å². The van der Waals surface area contributed by atoms with E-state index in [1.165, 1.54) is 21.2 Å². The third-order valence-electron chi connectivity index (χ3n) is 4.87. The number of benzene rings is 2. The predicted octanol–water partition coefficient (Wildman–Crippen LogP) is 4.68. The zero-order valence-corrected chi connectivity index (χ0v) is 14.9. The van der Waals surface area contributed by atoms with Gasteiger partial charge in [-0.2, -0.15) is 0 Å². The standard InChI is InChI=1S/C21H22N2OS/c22-19-12-18(19)14-8-10-16(11-9-14)23-21(24)7-3-4-15-13-25-20-6-2-1-5-17(15)20/h1-2,5-6,8-11,13,18-19H,3-4,7,12,22H2,(H,23,24). The van der Waals surface area contributed by atoms with Crippen molar-refractivity contribution in [2.24, 2.45) is 5.73 Å². The summed E-state index contributed by atoms with van der Waals surface area (Å²) >= 11 is 1.77. The number of aryl methyl sites for hydroxylation is 1. The molecule has 0 spiro atoms. The lowest BCUT2D eigenvalue weighted by atomic mass is 10.1. The SMILES string of the molecule is NC1CC1c1ccc(NC(=O)CCCc2csc3ccccc23)cc1. The molecule has 3 nitrogen and oxygen atoms in total. The summed E-state index contributed by atoms with van der Waals surface area (Å²) < 4.78 is 1.32. The van der Waals surface area contributed by atoms with E-state index in [1.54, 1.807) is 11.3 Å². The number of hydrogen-bond acceptors (Lipinski definition) is 3. The Morgan fingerprint density at radius 2 is 1.92 bits per heavy atom. The normalized spacial score (nSPS) is 19.1. The molecule has 2 unspecified atom stereocenters. The van der Waals surface area contributed by atoms with E-state index in [-0.39, 0.29) is 5.91 Å². The van der Waals surface area contributed by atoms with Crippen molar-refractivity contribution in [1.82, 2.24) is 0 Å². The minimum atomic E-state index is 0.0791. The quantitative estimate of drug-likeness (QED) is 0.678. The summed E-state index contributed by atoms with van der Waals surface area (Å²) in [4.78, 5) is 12.2. The van der Waals surface area contributed by atoms with Gasteiger partial charge in [0, 0.05) is 28.8 Å². The lowest BCUT2D eigenvalue weighted by molar-refractivity contribution is -0.116. The summed E-state index contributed by atoms with van der Waals surface area (Å²) in [6.07, 6.45) is 3.42. The molecule has 0 saturated heterocycles. The Balaban J connectivity index is 1.27. The number of anilines is 1. The number of hydrogen-bond donors (Lipinski definition) is 2. The van der Waals surface area contributed by atoms with Crippen molar-refractivity contribution in [2.75, 3.05) is 5.32 Å². The van der Waals surface area contributed by atoms with E-state index in [1.807, 2.05) is 12.1 Å².